The first-order valence-electron chi connectivity index (χ1n) is 5.17. The highest BCUT2D eigenvalue weighted by Gasteiger charge is 2.15. The minimum Gasteiger partial charge on any atom is -0.351 e. The van der Waals surface area contributed by atoms with E-state index in [4.69, 9.17) is 9.47 Å². The number of likely N-dealkylation sites (N-methyl/N-ethyl adjacent to an activating group) is 1. The zero-order valence-electron chi connectivity index (χ0n) is 10.1. The van der Waals surface area contributed by atoms with Crippen LogP contribution in [0.25, 0.3) is 0 Å². The Morgan fingerprint density at radius 3 is 2.13 bits per heavy atom. The van der Waals surface area contributed by atoms with Crippen molar-refractivity contribution in [1.82, 2.24) is 4.90 Å². The van der Waals surface area contributed by atoms with Crippen molar-refractivity contribution in [2.75, 3.05) is 26.8 Å². The molecule has 0 aliphatic carbocycles. The fourth-order valence-electron chi connectivity index (χ4n) is 1.16. The summed E-state index contributed by atoms with van der Waals surface area (Å²) in [4.78, 5) is 13.1. The molecule has 0 aromatic heterocycles. The largest absolute Gasteiger partial charge is 0.351 e. The SMILES string of the molecule is C=C(C)C(=O)N(C)CC(OCC)OCC. The average Bonchev–Trinajstić information content (AvgIpc) is 2.17. The second-order valence-corrected chi connectivity index (χ2v) is 3.31. The van der Waals surface area contributed by atoms with E-state index in [-0.39, 0.29) is 12.2 Å². The molecule has 4 nitrogen and oxygen atoms in total. The first-order chi connectivity index (χ1) is 7.02. The molecule has 88 valence electrons. The van der Waals surface area contributed by atoms with E-state index in [9.17, 15) is 4.79 Å². The fraction of sp³-hybridized carbons (Fsp3) is 0.727. The van der Waals surface area contributed by atoms with Gasteiger partial charge in [-0.1, -0.05) is 6.58 Å². The molecule has 0 aliphatic rings. The number of carbonyl (C=O) groups excluding carboxylic acids is 1. The molecule has 0 heterocycles. The smallest absolute Gasteiger partial charge is 0.248 e. The van der Waals surface area contributed by atoms with Gasteiger partial charge in [0.15, 0.2) is 6.29 Å². The predicted octanol–water partition coefficient (Wildman–Crippen LogP) is 1.42. The second-order valence-electron chi connectivity index (χ2n) is 3.31. The zero-order valence-corrected chi connectivity index (χ0v) is 10.1. The van der Waals surface area contributed by atoms with Gasteiger partial charge in [0.25, 0.3) is 0 Å². The number of hydrogen-bond acceptors (Lipinski definition) is 3. The number of carbonyl (C=O) groups is 1. The van der Waals surface area contributed by atoms with Crippen molar-refractivity contribution in [3.8, 4) is 0 Å². The van der Waals surface area contributed by atoms with E-state index in [1.54, 1.807) is 18.9 Å². The van der Waals surface area contributed by atoms with Crippen LogP contribution in [0.3, 0.4) is 0 Å². The fourth-order valence-corrected chi connectivity index (χ4v) is 1.16. The quantitative estimate of drug-likeness (QED) is 0.476. The normalized spacial score (nSPS) is 10.5. The number of amides is 1. The molecule has 0 bridgehead atoms. The Bertz CT molecular complexity index is 210. The Morgan fingerprint density at radius 1 is 1.33 bits per heavy atom. The summed E-state index contributed by atoms with van der Waals surface area (Å²) in [6.45, 7) is 10.6. The molecule has 0 aromatic rings. The van der Waals surface area contributed by atoms with Crippen molar-refractivity contribution in [2.24, 2.45) is 0 Å². The molecule has 4 heteroatoms. The van der Waals surface area contributed by atoms with Gasteiger partial charge >= 0.3 is 0 Å². The van der Waals surface area contributed by atoms with E-state index in [2.05, 4.69) is 6.58 Å². The van der Waals surface area contributed by atoms with Crippen molar-refractivity contribution in [1.29, 1.82) is 0 Å². The molecule has 15 heavy (non-hydrogen) atoms. The lowest BCUT2D eigenvalue weighted by atomic mass is 10.3. The summed E-state index contributed by atoms with van der Waals surface area (Å²) >= 11 is 0. The molecule has 0 radical (unpaired) electrons. The van der Waals surface area contributed by atoms with Gasteiger partial charge in [0.2, 0.25) is 5.91 Å². The van der Waals surface area contributed by atoms with Crippen LogP contribution in [0, 0.1) is 0 Å². The lowest BCUT2D eigenvalue weighted by Gasteiger charge is -2.23. The second kappa shape index (κ2) is 7.43. The van der Waals surface area contributed by atoms with Gasteiger partial charge in [-0.25, -0.2) is 0 Å². The van der Waals surface area contributed by atoms with Crippen LogP contribution in [0.4, 0.5) is 0 Å². The maximum Gasteiger partial charge on any atom is 0.248 e. The highest BCUT2D eigenvalue weighted by molar-refractivity contribution is 5.91. The molecule has 0 aromatic carbocycles. The highest BCUT2D eigenvalue weighted by Crippen LogP contribution is 2.02. The molecule has 0 spiro atoms. The van der Waals surface area contributed by atoms with E-state index >= 15 is 0 Å². The van der Waals surface area contributed by atoms with E-state index in [1.807, 2.05) is 13.8 Å². The lowest BCUT2D eigenvalue weighted by Crippen LogP contribution is -2.37. The Hall–Kier alpha value is -0.870. The molecular formula is C11H21NO3. The first-order valence-corrected chi connectivity index (χ1v) is 5.17. The number of ether oxygens (including phenoxy) is 2. The minimum atomic E-state index is -0.353. The zero-order chi connectivity index (χ0) is 11.8. The third kappa shape index (κ3) is 5.54. The van der Waals surface area contributed by atoms with Gasteiger partial charge < -0.3 is 14.4 Å². The first kappa shape index (κ1) is 14.1. The summed E-state index contributed by atoms with van der Waals surface area (Å²) in [6.07, 6.45) is -0.353. The third-order valence-corrected chi connectivity index (χ3v) is 1.84. The monoisotopic (exact) mass is 215 g/mol. The summed E-state index contributed by atoms with van der Waals surface area (Å²) in [6, 6.07) is 0. The number of nitrogens with zero attached hydrogens (tertiary/aromatic N) is 1. The van der Waals surface area contributed by atoms with Gasteiger partial charge in [-0.15, -0.1) is 0 Å². The molecule has 1 amide bonds. The topological polar surface area (TPSA) is 38.8 Å². The molecule has 0 N–H and O–H groups in total. The molecule has 0 unspecified atom stereocenters. The number of hydrogen-bond donors (Lipinski definition) is 0. The van der Waals surface area contributed by atoms with Crippen LogP contribution < -0.4 is 0 Å². The Morgan fingerprint density at radius 2 is 1.80 bits per heavy atom. The van der Waals surface area contributed by atoms with Crippen LogP contribution in [0.5, 0.6) is 0 Å². The van der Waals surface area contributed by atoms with E-state index in [0.29, 0.717) is 25.3 Å². The third-order valence-electron chi connectivity index (χ3n) is 1.84. The molecule has 0 rings (SSSR count). The van der Waals surface area contributed by atoms with Gasteiger partial charge in [-0.2, -0.15) is 0 Å². The summed E-state index contributed by atoms with van der Waals surface area (Å²) in [5.41, 5.74) is 0.518. The van der Waals surface area contributed by atoms with Gasteiger partial charge in [0.1, 0.15) is 0 Å². The molecule has 0 atom stereocenters. The summed E-state index contributed by atoms with van der Waals surface area (Å²) in [5, 5.41) is 0. The number of rotatable bonds is 7. The maximum atomic E-state index is 11.5. The van der Waals surface area contributed by atoms with Crippen LogP contribution in [-0.2, 0) is 14.3 Å². The molecule has 0 fully saturated rings. The molecule has 0 saturated carbocycles. The van der Waals surface area contributed by atoms with Crippen molar-refractivity contribution in [2.45, 2.75) is 27.1 Å². The molecule has 0 aliphatic heterocycles. The van der Waals surface area contributed by atoms with Crippen molar-refractivity contribution >= 4 is 5.91 Å². The molecular weight excluding hydrogens is 194 g/mol. The van der Waals surface area contributed by atoms with Crippen LogP contribution in [0.2, 0.25) is 0 Å². The van der Waals surface area contributed by atoms with Crippen molar-refractivity contribution in [3.63, 3.8) is 0 Å². The van der Waals surface area contributed by atoms with E-state index < -0.39 is 0 Å². The van der Waals surface area contributed by atoms with Crippen LogP contribution in [0.15, 0.2) is 12.2 Å². The average molecular weight is 215 g/mol. The highest BCUT2D eigenvalue weighted by atomic mass is 16.7. The van der Waals surface area contributed by atoms with Gasteiger partial charge in [-0.05, 0) is 20.8 Å². The van der Waals surface area contributed by atoms with E-state index in [0.717, 1.165) is 0 Å². The summed E-state index contributed by atoms with van der Waals surface area (Å²) < 4.78 is 10.7. The van der Waals surface area contributed by atoms with Gasteiger partial charge in [0.05, 0.1) is 6.54 Å². The Labute approximate surface area is 91.8 Å². The maximum absolute atomic E-state index is 11.5. The summed E-state index contributed by atoms with van der Waals surface area (Å²) in [7, 11) is 1.71. The Kier molecular flexibility index (Phi) is 6.99. The van der Waals surface area contributed by atoms with Crippen molar-refractivity contribution in [3.05, 3.63) is 12.2 Å². The van der Waals surface area contributed by atoms with Gasteiger partial charge in [0, 0.05) is 25.8 Å². The Balaban J connectivity index is 4.14. The lowest BCUT2D eigenvalue weighted by molar-refractivity contribution is -0.154. The standard InChI is InChI=1S/C11H21NO3/c1-6-14-10(15-7-2)8-12(5)11(13)9(3)4/h10H,3,6-8H2,1-2,4-5H3. The predicted molar refractivity (Wildman–Crippen MR) is 59.5 cm³/mol. The van der Waals surface area contributed by atoms with Crippen molar-refractivity contribution < 1.29 is 14.3 Å². The summed E-state index contributed by atoms with van der Waals surface area (Å²) in [5.74, 6) is -0.0839. The minimum absolute atomic E-state index is 0.0839. The van der Waals surface area contributed by atoms with Gasteiger partial charge in [-0.3, -0.25) is 4.79 Å². The van der Waals surface area contributed by atoms with Crippen LogP contribution >= 0.6 is 0 Å². The van der Waals surface area contributed by atoms with E-state index in [1.165, 1.54) is 0 Å². The van der Waals surface area contributed by atoms with Crippen LogP contribution in [0.1, 0.15) is 20.8 Å². The molecule has 0 saturated heterocycles. The van der Waals surface area contributed by atoms with Crippen LogP contribution in [-0.4, -0.2) is 43.9 Å².